The molecule has 4 aromatic heterocycles. The first-order valence-electron chi connectivity index (χ1n) is 13.8. The van der Waals surface area contributed by atoms with Gasteiger partial charge in [0.1, 0.15) is 11.4 Å². The molecule has 6 rings (SSSR count). The van der Waals surface area contributed by atoms with Crippen molar-refractivity contribution in [3.63, 3.8) is 0 Å². The summed E-state index contributed by atoms with van der Waals surface area (Å²) in [6.07, 6.45) is 7.42. The number of nitrogens with one attached hydrogen (secondary N) is 4. The van der Waals surface area contributed by atoms with Crippen LogP contribution in [-0.2, 0) is 16.0 Å². The average molecular weight is 561 g/mol. The predicted molar refractivity (Wildman–Crippen MR) is 150 cm³/mol. The number of amides is 1. The Labute approximate surface area is 236 Å². The monoisotopic (exact) mass is 560 g/mol. The Bertz CT molecular complexity index is 1540. The number of ether oxygens (including phenoxy) is 1. The molecule has 0 saturated heterocycles. The largest absolute Gasteiger partial charge is 0.380 e. The van der Waals surface area contributed by atoms with E-state index in [2.05, 4.69) is 36.2 Å². The van der Waals surface area contributed by atoms with Gasteiger partial charge in [0.2, 0.25) is 0 Å². The molecular weight excluding hydrogens is 527 g/mol. The number of nitrogens with zero attached hydrogens (tertiary/aromatic N) is 6. The van der Waals surface area contributed by atoms with Gasteiger partial charge in [0, 0.05) is 44.0 Å². The molecule has 0 unspecified atom stereocenters. The third-order valence-corrected chi connectivity index (χ3v) is 7.98. The smallest absolute Gasteiger partial charge is 0.252 e. The average Bonchev–Trinajstić information content (AvgIpc) is 3.74. The van der Waals surface area contributed by atoms with Crippen molar-refractivity contribution >= 4 is 23.2 Å². The molecule has 1 aliphatic heterocycles. The second-order valence-electron chi connectivity index (χ2n) is 10.7. The topological polar surface area (TPSA) is 148 Å². The lowest BCUT2D eigenvalue weighted by Crippen LogP contribution is -2.50. The molecule has 0 bridgehead atoms. The maximum absolute atomic E-state index is 13.5. The van der Waals surface area contributed by atoms with Gasteiger partial charge in [-0.3, -0.25) is 9.89 Å². The van der Waals surface area contributed by atoms with Crippen molar-refractivity contribution in [3.8, 4) is 5.82 Å². The zero-order valence-electron chi connectivity index (χ0n) is 23.2. The van der Waals surface area contributed by atoms with Crippen LogP contribution in [0, 0.1) is 12.7 Å². The molecule has 5 heterocycles. The Balaban J connectivity index is 1.12. The fourth-order valence-corrected chi connectivity index (χ4v) is 5.57. The summed E-state index contributed by atoms with van der Waals surface area (Å²) in [5.41, 5.74) is 2.76. The number of methoxy groups -OCH3 is 1. The first kappa shape index (κ1) is 26.8. The number of carbonyl (C=O) groups excluding carboxylic acids is 1. The quantitative estimate of drug-likeness (QED) is 0.252. The van der Waals surface area contributed by atoms with E-state index in [-0.39, 0.29) is 17.9 Å². The van der Waals surface area contributed by atoms with Crippen LogP contribution in [0.4, 0.5) is 21.7 Å². The van der Waals surface area contributed by atoms with E-state index in [1.54, 1.807) is 19.4 Å². The number of carbonyl (C=O) groups is 1. The minimum absolute atomic E-state index is 0.111. The van der Waals surface area contributed by atoms with Crippen LogP contribution >= 0.6 is 0 Å². The highest BCUT2D eigenvalue weighted by molar-refractivity contribution is 5.85. The molecule has 13 heteroatoms. The number of fused-ring (bicyclic) bond motifs is 1. The molecule has 41 heavy (non-hydrogen) atoms. The Morgan fingerprint density at radius 1 is 1.24 bits per heavy atom. The van der Waals surface area contributed by atoms with Crippen molar-refractivity contribution in [2.75, 3.05) is 24.3 Å². The SMILES string of the molecule is CO[C@]1(C(=O)N[C@@H](C)c2ccc(-n3cc(F)cn3)nc2)CC[C@H](c2nc3c(c(Nc4cc(C)[nH]n4)n2)NCC3)CC1. The molecule has 2 aliphatic rings. The fraction of sp³-hybridized carbons (Fsp3) is 0.429. The van der Waals surface area contributed by atoms with Gasteiger partial charge < -0.3 is 20.7 Å². The number of hydrogen-bond donors (Lipinski definition) is 4. The summed E-state index contributed by atoms with van der Waals surface area (Å²) < 4.78 is 20.5. The summed E-state index contributed by atoms with van der Waals surface area (Å²) in [4.78, 5) is 27.7. The van der Waals surface area contributed by atoms with Crippen LogP contribution in [0.5, 0.6) is 0 Å². The zero-order chi connectivity index (χ0) is 28.6. The summed E-state index contributed by atoms with van der Waals surface area (Å²) in [5, 5.41) is 21.0. The van der Waals surface area contributed by atoms with Gasteiger partial charge in [0.25, 0.3) is 5.91 Å². The van der Waals surface area contributed by atoms with Gasteiger partial charge in [-0.05, 0) is 51.2 Å². The number of anilines is 3. The van der Waals surface area contributed by atoms with Crippen molar-refractivity contribution in [2.24, 2.45) is 0 Å². The Morgan fingerprint density at radius 2 is 2.07 bits per heavy atom. The highest BCUT2D eigenvalue weighted by atomic mass is 19.1. The van der Waals surface area contributed by atoms with E-state index < -0.39 is 11.4 Å². The summed E-state index contributed by atoms with van der Waals surface area (Å²) in [7, 11) is 1.59. The number of pyridine rings is 1. The van der Waals surface area contributed by atoms with E-state index in [4.69, 9.17) is 14.7 Å². The van der Waals surface area contributed by atoms with Gasteiger partial charge >= 0.3 is 0 Å². The van der Waals surface area contributed by atoms with Crippen LogP contribution in [-0.4, -0.2) is 60.1 Å². The number of hydrogen-bond acceptors (Lipinski definition) is 9. The lowest BCUT2D eigenvalue weighted by molar-refractivity contribution is -0.148. The van der Waals surface area contributed by atoms with Crippen molar-refractivity contribution < 1.29 is 13.9 Å². The first-order valence-corrected chi connectivity index (χ1v) is 13.8. The zero-order valence-corrected chi connectivity index (χ0v) is 23.2. The van der Waals surface area contributed by atoms with Crippen molar-refractivity contribution in [3.05, 3.63) is 65.4 Å². The molecule has 12 nitrogen and oxygen atoms in total. The highest BCUT2D eigenvalue weighted by Crippen LogP contribution is 2.41. The Morgan fingerprint density at radius 3 is 2.73 bits per heavy atom. The maximum atomic E-state index is 13.5. The van der Waals surface area contributed by atoms with Crippen molar-refractivity contribution in [1.82, 2.24) is 40.2 Å². The standard InChI is InChI=1S/C28H33FN10O2/c1-16-12-22(38-37-16)35-26-24-21(8-11-30-24)34-25(36-26)18-6-9-28(41-3,10-7-18)27(40)33-17(2)19-4-5-23(31-13-19)39-15-20(29)14-32-39/h4-5,12-15,17-18,30H,6-11H2,1-3H3,(H,33,40)(H2,34,35,36,37,38)/t17-,18-,28+/m0/s1. The van der Waals surface area contributed by atoms with Crippen LogP contribution < -0.4 is 16.0 Å². The number of rotatable bonds is 8. The van der Waals surface area contributed by atoms with Crippen molar-refractivity contribution in [1.29, 1.82) is 0 Å². The molecule has 1 aliphatic carbocycles. The molecule has 0 aromatic carbocycles. The molecule has 1 amide bonds. The summed E-state index contributed by atoms with van der Waals surface area (Å²) >= 11 is 0. The van der Waals surface area contributed by atoms with Crippen LogP contribution in [0.2, 0.25) is 0 Å². The first-order chi connectivity index (χ1) is 19.8. The van der Waals surface area contributed by atoms with E-state index >= 15 is 0 Å². The molecular formula is C28H33FN10O2. The van der Waals surface area contributed by atoms with E-state index in [1.165, 1.54) is 10.9 Å². The second kappa shape index (κ2) is 10.9. The second-order valence-corrected chi connectivity index (χ2v) is 10.7. The van der Waals surface area contributed by atoms with Crippen LogP contribution in [0.15, 0.2) is 36.8 Å². The van der Waals surface area contributed by atoms with Crippen LogP contribution in [0.3, 0.4) is 0 Å². The molecule has 1 saturated carbocycles. The van der Waals surface area contributed by atoms with Gasteiger partial charge in [0.15, 0.2) is 23.3 Å². The predicted octanol–water partition coefficient (Wildman–Crippen LogP) is 3.86. The van der Waals surface area contributed by atoms with Gasteiger partial charge in [-0.2, -0.15) is 10.2 Å². The molecule has 0 spiro atoms. The number of aryl methyl sites for hydroxylation is 1. The normalized spacial score (nSPS) is 20.7. The van der Waals surface area contributed by atoms with Gasteiger partial charge in [-0.15, -0.1) is 0 Å². The van der Waals surface area contributed by atoms with Gasteiger partial charge in [-0.1, -0.05) is 6.07 Å². The minimum atomic E-state index is -0.934. The van der Waals surface area contributed by atoms with E-state index in [0.717, 1.165) is 66.3 Å². The maximum Gasteiger partial charge on any atom is 0.252 e. The molecule has 214 valence electrons. The van der Waals surface area contributed by atoms with Crippen molar-refractivity contribution in [2.45, 2.75) is 63.5 Å². The fourth-order valence-electron chi connectivity index (χ4n) is 5.57. The van der Waals surface area contributed by atoms with E-state index in [9.17, 15) is 9.18 Å². The van der Waals surface area contributed by atoms with E-state index in [0.29, 0.717) is 24.5 Å². The highest BCUT2D eigenvalue weighted by Gasteiger charge is 2.43. The third-order valence-electron chi connectivity index (χ3n) is 7.98. The summed E-state index contributed by atoms with van der Waals surface area (Å²) in [5.74, 6) is 2.22. The van der Waals surface area contributed by atoms with Gasteiger partial charge in [0.05, 0.1) is 29.8 Å². The number of aromatic amines is 1. The lowest BCUT2D eigenvalue weighted by Gasteiger charge is -2.38. The molecule has 4 aromatic rings. The lowest BCUT2D eigenvalue weighted by atomic mass is 9.77. The summed E-state index contributed by atoms with van der Waals surface area (Å²) in [6.45, 7) is 4.67. The van der Waals surface area contributed by atoms with Gasteiger partial charge in [-0.25, -0.2) is 24.0 Å². The molecule has 0 radical (unpaired) electrons. The Hall–Kier alpha value is -4.39. The molecule has 1 atom stereocenters. The Kier molecular flexibility index (Phi) is 7.12. The summed E-state index contributed by atoms with van der Waals surface area (Å²) in [6, 6.07) is 5.22. The minimum Gasteiger partial charge on any atom is -0.380 e. The van der Waals surface area contributed by atoms with Crippen LogP contribution in [0.1, 0.15) is 67.3 Å². The molecule has 1 fully saturated rings. The molecule has 4 N–H and O–H groups in total. The number of halogens is 1. The number of H-pyrrole nitrogens is 1. The number of aromatic nitrogens is 7. The third kappa shape index (κ3) is 5.36. The van der Waals surface area contributed by atoms with Crippen LogP contribution in [0.25, 0.3) is 5.82 Å². The van der Waals surface area contributed by atoms with E-state index in [1.807, 2.05) is 26.0 Å².